The molecule has 2 aromatic rings. The Bertz CT molecular complexity index is 1370. The van der Waals surface area contributed by atoms with Crippen molar-refractivity contribution in [2.24, 2.45) is 0 Å². The lowest BCUT2D eigenvalue weighted by molar-refractivity contribution is -0.0356. The van der Waals surface area contributed by atoms with Gasteiger partial charge >= 0.3 is 17.4 Å². The number of likely N-dealkylation sites (tertiary alicyclic amines) is 1. The van der Waals surface area contributed by atoms with E-state index in [0.717, 1.165) is 17.0 Å². The van der Waals surface area contributed by atoms with Gasteiger partial charge in [0.25, 0.3) is 0 Å². The molecule has 2 aromatic carbocycles. The predicted octanol–water partition coefficient (Wildman–Crippen LogP) is 11.4. The molecule has 0 saturated carbocycles. The van der Waals surface area contributed by atoms with Crippen LogP contribution in [0.2, 0.25) is 10.0 Å². The van der Waals surface area contributed by atoms with E-state index in [2.05, 4.69) is 39.8 Å². The second-order valence-electron chi connectivity index (χ2n) is 12.8. The SMILES string of the molecule is C.CC(C)(C)OC(=O)N1CC=C(c2ccc(Cl)cc2)CC1.CC(C)(C)OC(=O)N1CCC(O)(c2ccc(Cl)cc2)CC1.O=P(Cl)(Cl)Cl. The summed E-state index contributed by atoms with van der Waals surface area (Å²) >= 11 is 25.6. The minimum absolute atomic E-state index is 0. The Hall–Kier alpha value is -1.64. The average Bonchev–Trinajstić information content (AvgIpc) is 2.92. The molecule has 2 amide bonds. The molecule has 1 N–H and O–H groups in total. The Morgan fingerprint density at radius 1 is 0.766 bits per heavy atom. The molecule has 8 nitrogen and oxygen atoms in total. The number of benzene rings is 2. The highest BCUT2D eigenvalue weighted by atomic mass is 36.0. The molecule has 47 heavy (non-hydrogen) atoms. The van der Waals surface area contributed by atoms with Gasteiger partial charge in [-0.3, -0.25) is 4.57 Å². The van der Waals surface area contributed by atoms with Crippen LogP contribution in [-0.2, 0) is 19.6 Å². The van der Waals surface area contributed by atoms with Crippen LogP contribution in [-0.4, -0.2) is 64.5 Å². The van der Waals surface area contributed by atoms with Crippen LogP contribution in [0.4, 0.5) is 9.59 Å². The van der Waals surface area contributed by atoms with Gasteiger partial charge in [0.1, 0.15) is 11.2 Å². The van der Waals surface area contributed by atoms with Gasteiger partial charge in [0, 0.05) is 36.2 Å². The third-order valence-electron chi connectivity index (χ3n) is 6.70. The Labute approximate surface area is 304 Å². The van der Waals surface area contributed by atoms with E-state index in [1.54, 1.807) is 21.9 Å². The summed E-state index contributed by atoms with van der Waals surface area (Å²) in [6.07, 6.45) is 3.34. The molecule has 2 heterocycles. The highest BCUT2D eigenvalue weighted by molar-refractivity contribution is 8.24. The van der Waals surface area contributed by atoms with Crippen molar-refractivity contribution in [1.29, 1.82) is 0 Å². The third-order valence-corrected chi connectivity index (χ3v) is 7.20. The van der Waals surface area contributed by atoms with Crippen LogP contribution in [0.1, 0.15) is 79.4 Å². The number of nitrogens with zero attached hydrogens (tertiary/aromatic N) is 2. The number of hydrogen-bond donors (Lipinski definition) is 1. The zero-order valence-corrected chi connectivity index (χ0v) is 31.5. The number of amides is 2. The molecule has 0 aromatic heterocycles. The van der Waals surface area contributed by atoms with Crippen LogP contribution in [0.25, 0.3) is 5.57 Å². The van der Waals surface area contributed by atoms with Crippen LogP contribution >= 0.6 is 62.1 Å². The summed E-state index contributed by atoms with van der Waals surface area (Å²) in [6.45, 7) is 13.4. The molecule has 0 radical (unpaired) electrons. The Morgan fingerprint density at radius 2 is 1.17 bits per heavy atom. The minimum atomic E-state index is -3.22. The second kappa shape index (κ2) is 18.4. The fourth-order valence-corrected chi connectivity index (χ4v) is 4.77. The summed E-state index contributed by atoms with van der Waals surface area (Å²) in [5.41, 5.74) is 1.41. The van der Waals surface area contributed by atoms with Gasteiger partial charge < -0.3 is 24.4 Å². The second-order valence-corrected chi connectivity index (χ2v) is 20.3. The van der Waals surface area contributed by atoms with Crippen molar-refractivity contribution in [3.63, 3.8) is 0 Å². The van der Waals surface area contributed by atoms with E-state index in [4.69, 9.17) is 32.7 Å². The van der Waals surface area contributed by atoms with Crippen molar-refractivity contribution in [2.45, 2.75) is 85.0 Å². The summed E-state index contributed by atoms with van der Waals surface area (Å²) in [5.74, 6) is 0. The molecule has 0 atom stereocenters. The molecule has 0 spiro atoms. The summed E-state index contributed by atoms with van der Waals surface area (Å²) in [6, 6.07) is 15.0. The summed E-state index contributed by atoms with van der Waals surface area (Å²) < 4.78 is 20.2. The van der Waals surface area contributed by atoms with Gasteiger partial charge in [-0.1, -0.05) is 61.0 Å². The van der Waals surface area contributed by atoms with Gasteiger partial charge in [0.2, 0.25) is 0 Å². The van der Waals surface area contributed by atoms with Crippen LogP contribution < -0.4 is 0 Å². The largest absolute Gasteiger partial charge is 0.444 e. The molecule has 2 aliphatic heterocycles. The molecule has 1 fully saturated rings. The van der Waals surface area contributed by atoms with E-state index in [0.29, 0.717) is 44.0 Å². The quantitative estimate of drug-likeness (QED) is 0.305. The number of hydrogen-bond acceptors (Lipinski definition) is 6. The van der Waals surface area contributed by atoms with E-state index < -0.39 is 22.0 Å². The molecule has 0 unspecified atom stereocenters. The van der Waals surface area contributed by atoms with E-state index in [-0.39, 0.29) is 19.6 Å². The van der Waals surface area contributed by atoms with E-state index in [1.165, 1.54) is 11.1 Å². The van der Waals surface area contributed by atoms with Gasteiger partial charge in [-0.15, -0.1) is 0 Å². The number of halogens is 5. The number of ether oxygens (including phenoxy) is 2. The maximum Gasteiger partial charge on any atom is 0.410 e. The zero-order chi connectivity index (χ0) is 34.9. The molecule has 14 heteroatoms. The van der Waals surface area contributed by atoms with Crippen molar-refractivity contribution >= 4 is 79.9 Å². The lowest BCUT2D eigenvalue weighted by Crippen LogP contribution is -2.46. The van der Waals surface area contributed by atoms with Gasteiger partial charge in [-0.2, -0.15) is 0 Å². The fourth-order valence-electron chi connectivity index (χ4n) is 4.52. The first-order chi connectivity index (χ1) is 21.0. The van der Waals surface area contributed by atoms with Crippen LogP contribution in [0.5, 0.6) is 0 Å². The average molecular weight is 775 g/mol. The van der Waals surface area contributed by atoms with Gasteiger partial charge in [-0.05, 0) is 135 Å². The van der Waals surface area contributed by atoms with Crippen LogP contribution in [0, 0.1) is 0 Å². The lowest BCUT2D eigenvalue weighted by atomic mass is 9.84. The van der Waals surface area contributed by atoms with Crippen molar-refractivity contribution in [2.75, 3.05) is 26.2 Å². The molecule has 1 saturated heterocycles. The van der Waals surface area contributed by atoms with Crippen molar-refractivity contribution in [3.05, 3.63) is 75.8 Å². The number of carbonyl (C=O) groups is 2. The van der Waals surface area contributed by atoms with Crippen molar-refractivity contribution < 1.29 is 28.7 Å². The first kappa shape index (κ1) is 43.4. The zero-order valence-electron chi connectivity index (χ0n) is 26.9. The maximum absolute atomic E-state index is 12.0. The van der Waals surface area contributed by atoms with E-state index in [1.807, 2.05) is 77.9 Å². The topological polar surface area (TPSA) is 96.4 Å². The number of rotatable bonds is 2. The molecule has 264 valence electrons. The predicted molar refractivity (Wildman–Crippen MR) is 196 cm³/mol. The Morgan fingerprint density at radius 3 is 1.55 bits per heavy atom. The van der Waals surface area contributed by atoms with Gasteiger partial charge in [-0.25, -0.2) is 9.59 Å². The van der Waals surface area contributed by atoms with Crippen molar-refractivity contribution in [3.8, 4) is 0 Å². The monoisotopic (exact) mass is 772 g/mol. The van der Waals surface area contributed by atoms with Gasteiger partial charge in [0.05, 0.1) is 5.60 Å². The van der Waals surface area contributed by atoms with Crippen LogP contribution in [0.15, 0.2) is 54.6 Å². The lowest BCUT2D eigenvalue weighted by Gasteiger charge is -2.38. The number of carbonyl (C=O) groups excluding carboxylic acids is 2. The normalized spacial score (nSPS) is 16.2. The first-order valence-corrected chi connectivity index (χ1v) is 19.8. The minimum Gasteiger partial charge on any atom is -0.444 e. The molecule has 4 rings (SSSR count). The third kappa shape index (κ3) is 17.0. The molecule has 0 aliphatic carbocycles. The highest BCUT2D eigenvalue weighted by Gasteiger charge is 2.36. The van der Waals surface area contributed by atoms with Crippen molar-refractivity contribution in [1.82, 2.24) is 9.80 Å². The maximum atomic E-state index is 12.0. The number of aliphatic hydroxyl groups is 1. The van der Waals surface area contributed by atoms with Gasteiger partial charge in [0.15, 0.2) is 0 Å². The van der Waals surface area contributed by atoms with E-state index >= 15 is 0 Å². The molecule has 0 bridgehead atoms. The standard InChI is InChI=1S/C16H22ClNO3.C16H20ClNO2.CH4.Cl3OP/c1-15(2,3)21-14(19)18-10-8-16(20,9-11-18)12-4-6-13(17)7-5-12;1-16(2,3)20-15(19)18-10-8-13(9-11-18)12-4-6-14(17)7-5-12;;1-5(2,3)4/h4-7,20H,8-11H2,1-3H3;4-8H,9-11H2,1-3H3;1H4;. The highest BCUT2D eigenvalue weighted by Crippen LogP contribution is 2.61. The Kier molecular flexibility index (Phi) is 17.0. The molecular weight excluding hydrogens is 729 g/mol. The summed E-state index contributed by atoms with van der Waals surface area (Å²) in [7, 11) is 0. The summed E-state index contributed by atoms with van der Waals surface area (Å²) in [5, 5.41) is 8.90. The van der Waals surface area contributed by atoms with Crippen LogP contribution in [0.3, 0.4) is 0 Å². The number of piperidine rings is 1. The molecular formula is C33H46Cl5N2O6P. The smallest absolute Gasteiger partial charge is 0.410 e. The summed E-state index contributed by atoms with van der Waals surface area (Å²) in [4.78, 5) is 27.3. The first-order valence-electron chi connectivity index (χ1n) is 14.6. The fraction of sp³-hybridized carbons (Fsp3) is 0.515. The Balaban J connectivity index is 0.000000404. The van der Waals surface area contributed by atoms with E-state index in [9.17, 15) is 19.3 Å². The molecule has 2 aliphatic rings.